The zero-order chi connectivity index (χ0) is 13.0. The molecule has 0 aliphatic carbocycles. The normalized spacial score (nSPS) is 11.5. The molecule has 0 saturated carbocycles. The molecule has 0 aliphatic heterocycles. The van der Waals surface area contributed by atoms with E-state index in [-0.39, 0.29) is 0 Å². The van der Waals surface area contributed by atoms with Crippen molar-refractivity contribution in [1.82, 2.24) is 4.98 Å². The van der Waals surface area contributed by atoms with Gasteiger partial charge in [0.25, 0.3) is 0 Å². The Hall–Kier alpha value is -1.84. The fourth-order valence-corrected chi connectivity index (χ4v) is 1.69. The van der Waals surface area contributed by atoms with Crippen molar-refractivity contribution in [2.75, 3.05) is 0 Å². The smallest absolute Gasteiger partial charge is 0.248 e. The Labute approximate surface area is 103 Å². The molecular formula is C14H12F3N. The molecule has 1 aromatic heterocycles. The summed E-state index contributed by atoms with van der Waals surface area (Å²) in [6, 6.07) is 13.7. The van der Waals surface area contributed by atoms with Gasteiger partial charge in [-0.05, 0) is 30.5 Å². The Kier molecular flexibility index (Phi) is 3.65. The van der Waals surface area contributed by atoms with E-state index in [1.165, 1.54) is 6.07 Å². The highest BCUT2D eigenvalue weighted by molar-refractivity contribution is 5.18. The van der Waals surface area contributed by atoms with Crippen LogP contribution >= 0.6 is 0 Å². The highest BCUT2D eigenvalue weighted by Gasteiger charge is 2.32. The molecule has 0 saturated heterocycles. The van der Waals surface area contributed by atoms with Gasteiger partial charge >= 0.3 is 6.18 Å². The van der Waals surface area contributed by atoms with Gasteiger partial charge < -0.3 is 0 Å². The lowest BCUT2D eigenvalue weighted by atomic mass is 10.1. The summed E-state index contributed by atoms with van der Waals surface area (Å²) in [6.45, 7) is 0. The first kappa shape index (κ1) is 12.6. The minimum atomic E-state index is -4.37. The third kappa shape index (κ3) is 3.32. The number of aromatic nitrogens is 1. The number of hydrogen-bond donors (Lipinski definition) is 0. The van der Waals surface area contributed by atoms with Crippen LogP contribution in [-0.2, 0) is 19.0 Å². The van der Waals surface area contributed by atoms with E-state index in [4.69, 9.17) is 0 Å². The Morgan fingerprint density at radius 1 is 0.833 bits per heavy atom. The van der Waals surface area contributed by atoms with E-state index < -0.39 is 11.9 Å². The second kappa shape index (κ2) is 5.21. The van der Waals surface area contributed by atoms with Gasteiger partial charge in [-0.1, -0.05) is 36.4 Å². The monoisotopic (exact) mass is 251 g/mol. The Bertz CT molecular complexity index is 506. The maximum atomic E-state index is 12.5. The van der Waals surface area contributed by atoms with E-state index in [1.54, 1.807) is 6.07 Å². The van der Waals surface area contributed by atoms with E-state index in [9.17, 15) is 13.2 Å². The molecule has 0 N–H and O–H groups in total. The number of pyridine rings is 1. The van der Waals surface area contributed by atoms with Gasteiger partial charge in [0.2, 0.25) is 0 Å². The molecule has 0 aliphatic rings. The minimum absolute atomic E-state index is 0.466. The SMILES string of the molecule is FC(F)(F)c1cccc(CCc2ccccc2)n1. The predicted octanol–water partition coefficient (Wildman–Crippen LogP) is 3.89. The lowest BCUT2D eigenvalue weighted by Crippen LogP contribution is -2.09. The lowest BCUT2D eigenvalue weighted by molar-refractivity contribution is -0.141. The number of hydrogen-bond acceptors (Lipinski definition) is 1. The lowest BCUT2D eigenvalue weighted by Gasteiger charge is -2.07. The van der Waals surface area contributed by atoms with E-state index in [0.717, 1.165) is 11.6 Å². The van der Waals surface area contributed by atoms with E-state index in [0.29, 0.717) is 18.5 Å². The van der Waals surface area contributed by atoms with Gasteiger partial charge in [0, 0.05) is 5.69 Å². The molecule has 0 spiro atoms. The number of benzene rings is 1. The van der Waals surface area contributed by atoms with Gasteiger partial charge in [-0.15, -0.1) is 0 Å². The van der Waals surface area contributed by atoms with Crippen LogP contribution in [0.15, 0.2) is 48.5 Å². The van der Waals surface area contributed by atoms with E-state index >= 15 is 0 Å². The van der Waals surface area contributed by atoms with Crippen molar-refractivity contribution in [2.24, 2.45) is 0 Å². The topological polar surface area (TPSA) is 12.9 Å². The molecule has 2 rings (SSSR count). The predicted molar refractivity (Wildman–Crippen MR) is 63.1 cm³/mol. The Balaban J connectivity index is 2.06. The largest absolute Gasteiger partial charge is 0.433 e. The minimum Gasteiger partial charge on any atom is -0.248 e. The summed E-state index contributed by atoms with van der Waals surface area (Å²) in [5.74, 6) is 0. The van der Waals surface area contributed by atoms with Crippen LogP contribution in [0.25, 0.3) is 0 Å². The van der Waals surface area contributed by atoms with Crippen molar-refractivity contribution in [1.29, 1.82) is 0 Å². The number of alkyl halides is 3. The zero-order valence-corrected chi connectivity index (χ0v) is 9.61. The summed E-state index contributed by atoms with van der Waals surface area (Å²) >= 11 is 0. The van der Waals surface area contributed by atoms with Gasteiger partial charge in [0.1, 0.15) is 5.69 Å². The van der Waals surface area contributed by atoms with Gasteiger partial charge in [0.15, 0.2) is 0 Å². The summed E-state index contributed by atoms with van der Waals surface area (Å²) in [5, 5.41) is 0. The van der Waals surface area contributed by atoms with Crippen molar-refractivity contribution in [2.45, 2.75) is 19.0 Å². The van der Waals surface area contributed by atoms with Crippen LogP contribution in [-0.4, -0.2) is 4.98 Å². The number of aryl methyl sites for hydroxylation is 2. The molecule has 0 atom stereocenters. The summed E-state index contributed by atoms with van der Waals surface area (Å²) in [5.41, 5.74) is 0.735. The maximum absolute atomic E-state index is 12.5. The molecule has 0 fully saturated rings. The third-order valence-electron chi connectivity index (χ3n) is 2.61. The van der Waals surface area contributed by atoms with Crippen LogP contribution in [0, 0.1) is 0 Å². The van der Waals surface area contributed by atoms with Crippen LogP contribution < -0.4 is 0 Å². The molecule has 0 unspecified atom stereocenters. The van der Waals surface area contributed by atoms with E-state index in [2.05, 4.69) is 4.98 Å². The van der Waals surface area contributed by atoms with Crippen molar-refractivity contribution in [3.63, 3.8) is 0 Å². The molecule has 18 heavy (non-hydrogen) atoms. The van der Waals surface area contributed by atoms with Crippen LogP contribution in [0.1, 0.15) is 17.0 Å². The van der Waals surface area contributed by atoms with Crippen LogP contribution in [0.2, 0.25) is 0 Å². The first-order valence-corrected chi connectivity index (χ1v) is 5.63. The first-order chi connectivity index (χ1) is 8.55. The standard InChI is InChI=1S/C14H12F3N/c15-14(16,17)13-8-4-7-12(18-13)10-9-11-5-2-1-3-6-11/h1-8H,9-10H2. The molecular weight excluding hydrogens is 239 g/mol. The Morgan fingerprint density at radius 2 is 1.56 bits per heavy atom. The van der Waals surface area contributed by atoms with Gasteiger partial charge in [0.05, 0.1) is 0 Å². The highest BCUT2D eigenvalue weighted by atomic mass is 19.4. The molecule has 4 heteroatoms. The summed E-state index contributed by atoms with van der Waals surface area (Å²) in [4.78, 5) is 3.63. The second-order valence-corrected chi connectivity index (χ2v) is 4.00. The second-order valence-electron chi connectivity index (χ2n) is 4.00. The van der Waals surface area contributed by atoms with Gasteiger partial charge in [-0.2, -0.15) is 13.2 Å². The number of halogens is 3. The van der Waals surface area contributed by atoms with Crippen LogP contribution in [0.4, 0.5) is 13.2 Å². The Morgan fingerprint density at radius 3 is 2.22 bits per heavy atom. The molecule has 1 heterocycles. The molecule has 0 amide bonds. The molecule has 2 aromatic rings. The fraction of sp³-hybridized carbons (Fsp3) is 0.214. The molecule has 1 aromatic carbocycles. The summed E-state index contributed by atoms with van der Waals surface area (Å²) < 4.78 is 37.4. The van der Waals surface area contributed by atoms with Gasteiger partial charge in [-0.25, -0.2) is 4.98 Å². The third-order valence-corrected chi connectivity index (χ3v) is 2.61. The van der Waals surface area contributed by atoms with Crippen molar-refractivity contribution >= 4 is 0 Å². The number of rotatable bonds is 3. The summed E-state index contributed by atoms with van der Waals surface area (Å²) in [6.07, 6.45) is -3.17. The number of nitrogens with zero attached hydrogens (tertiary/aromatic N) is 1. The molecule has 0 radical (unpaired) electrons. The molecule has 94 valence electrons. The average molecular weight is 251 g/mol. The van der Waals surface area contributed by atoms with Crippen LogP contribution in [0.5, 0.6) is 0 Å². The zero-order valence-electron chi connectivity index (χ0n) is 9.61. The fourth-order valence-electron chi connectivity index (χ4n) is 1.69. The molecule has 0 bridgehead atoms. The summed E-state index contributed by atoms with van der Waals surface area (Å²) in [7, 11) is 0. The molecule has 1 nitrogen and oxygen atoms in total. The van der Waals surface area contributed by atoms with Gasteiger partial charge in [-0.3, -0.25) is 0 Å². The highest BCUT2D eigenvalue weighted by Crippen LogP contribution is 2.27. The van der Waals surface area contributed by atoms with Crippen molar-refractivity contribution < 1.29 is 13.2 Å². The maximum Gasteiger partial charge on any atom is 0.433 e. The van der Waals surface area contributed by atoms with E-state index in [1.807, 2.05) is 30.3 Å². The van der Waals surface area contributed by atoms with Crippen molar-refractivity contribution in [3.8, 4) is 0 Å². The quantitative estimate of drug-likeness (QED) is 0.806. The average Bonchev–Trinajstić information content (AvgIpc) is 2.37. The van der Waals surface area contributed by atoms with Crippen molar-refractivity contribution in [3.05, 3.63) is 65.5 Å². The first-order valence-electron chi connectivity index (χ1n) is 5.63. The van der Waals surface area contributed by atoms with Crippen LogP contribution in [0.3, 0.4) is 0 Å².